The second kappa shape index (κ2) is 8.24. The molecule has 4 rings (SSSR count). The Morgan fingerprint density at radius 3 is 2.03 bits per heavy atom. The first-order chi connectivity index (χ1) is 14.2. The monoisotopic (exact) mass is 386 g/mol. The minimum Gasteiger partial charge on any atom is -0.371 e. The number of rotatable bonds is 7. The minimum atomic E-state index is 0.210. The molecule has 3 heterocycles. The van der Waals surface area contributed by atoms with E-state index in [1.54, 1.807) is 0 Å². The molecule has 0 saturated carbocycles. The van der Waals surface area contributed by atoms with Gasteiger partial charge in [-0.3, -0.25) is 0 Å². The number of anilines is 3. The van der Waals surface area contributed by atoms with Crippen molar-refractivity contribution in [3.8, 4) is 0 Å². The van der Waals surface area contributed by atoms with E-state index in [1.165, 1.54) is 16.8 Å². The second-order valence-electron chi connectivity index (χ2n) is 7.77. The Balaban J connectivity index is 1.82. The second-order valence-corrected chi connectivity index (χ2v) is 7.77. The zero-order valence-electron chi connectivity index (χ0n) is 17.7. The summed E-state index contributed by atoms with van der Waals surface area (Å²) in [4.78, 5) is 14.0. The van der Waals surface area contributed by atoms with Gasteiger partial charge in [-0.2, -0.15) is 0 Å². The molecule has 1 aliphatic heterocycles. The fourth-order valence-electron chi connectivity index (χ4n) is 4.71. The summed E-state index contributed by atoms with van der Waals surface area (Å²) in [5.41, 5.74) is 4.50. The maximum atomic E-state index is 4.63. The van der Waals surface area contributed by atoms with Crippen molar-refractivity contribution in [2.24, 2.45) is 0 Å². The molecule has 4 nitrogen and oxygen atoms in total. The van der Waals surface area contributed by atoms with Crippen molar-refractivity contribution in [1.29, 1.82) is 0 Å². The van der Waals surface area contributed by atoms with Crippen LogP contribution in [0.1, 0.15) is 44.7 Å². The van der Waals surface area contributed by atoms with Crippen molar-refractivity contribution in [2.45, 2.75) is 45.6 Å². The summed E-state index contributed by atoms with van der Waals surface area (Å²) in [5, 5.41) is 0. The van der Waals surface area contributed by atoms with Gasteiger partial charge in [-0.25, -0.2) is 9.97 Å². The molecule has 4 heteroatoms. The number of fused-ring (bicyclic) bond motifs is 1. The normalized spacial score (nSPS) is 14.7. The highest BCUT2D eigenvalue weighted by Gasteiger charge is 2.41. The van der Waals surface area contributed by atoms with E-state index < -0.39 is 0 Å². The van der Waals surface area contributed by atoms with Crippen LogP contribution >= 0.6 is 0 Å². The topological polar surface area (TPSA) is 32.3 Å². The van der Waals surface area contributed by atoms with E-state index in [0.717, 1.165) is 44.1 Å². The highest BCUT2D eigenvalue weighted by atomic mass is 15.2. The Morgan fingerprint density at radius 2 is 1.52 bits per heavy atom. The number of nitrogens with zero attached hydrogens (tertiary/aromatic N) is 4. The molecule has 0 atom stereocenters. The molecule has 0 unspecified atom stereocenters. The fraction of sp³-hybridized carbons (Fsp3) is 0.360. The van der Waals surface area contributed by atoms with Crippen LogP contribution in [0.25, 0.3) is 0 Å². The van der Waals surface area contributed by atoms with Crippen LogP contribution in [0, 0.1) is 0 Å². The molecule has 0 amide bonds. The predicted octanol–water partition coefficient (Wildman–Crippen LogP) is 5.71. The molecule has 0 radical (unpaired) electrons. The van der Waals surface area contributed by atoms with Gasteiger partial charge in [0.05, 0.1) is 6.54 Å². The van der Waals surface area contributed by atoms with Gasteiger partial charge in [0.15, 0.2) is 0 Å². The Labute approximate surface area is 174 Å². The molecule has 0 spiro atoms. The maximum absolute atomic E-state index is 4.63. The number of benzene rings is 1. The van der Waals surface area contributed by atoms with E-state index in [1.807, 2.05) is 36.7 Å². The van der Waals surface area contributed by atoms with Gasteiger partial charge in [0.2, 0.25) is 0 Å². The smallest absolute Gasteiger partial charge is 0.134 e. The summed E-state index contributed by atoms with van der Waals surface area (Å²) in [6.45, 7) is 9.83. The predicted molar refractivity (Wildman–Crippen MR) is 121 cm³/mol. The van der Waals surface area contributed by atoms with Crippen molar-refractivity contribution >= 4 is 17.3 Å². The Morgan fingerprint density at radius 1 is 0.862 bits per heavy atom. The first kappa shape index (κ1) is 19.4. The van der Waals surface area contributed by atoms with Crippen LogP contribution in [0.5, 0.6) is 0 Å². The van der Waals surface area contributed by atoms with Crippen molar-refractivity contribution < 1.29 is 0 Å². The summed E-state index contributed by atoms with van der Waals surface area (Å²) in [6, 6.07) is 18.9. The minimum absolute atomic E-state index is 0.210. The van der Waals surface area contributed by atoms with E-state index in [0.29, 0.717) is 0 Å². The molecule has 0 bridgehead atoms. The molecular formula is C25H30N4. The molecule has 0 saturated heterocycles. The number of hydrogen-bond donors (Lipinski definition) is 0. The Hall–Kier alpha value is -2.88. The number of pyridine rings is 2. The van der Waals surface area contributed by atoms with Gasteiger partial charge in [0.1, 0.15) is 11.6 Å². The number of hydrogen-bond acceptors (Lipinski definition) is 4. The largest absolute Gasteiger partial charge is 0.371 e. The SMILES string of the molecule is CCN1CC(CC)(CC)c2c(CN(c3ccccn3)c3ccccn3)cccc21. The van der Waals surface area contributed by atoms with E-state index in [2.05, 4.69) is 70.9 Å². The highest BCUT2D eigenvalue weighted by Crippen LogP contribution is 2.47. The first-order valence-electron chi connectivity index (χ1n) is 10.7. The van der Waals surface area contributed by atoms with Crippen molar-refractivity contribution in [3.05, 3.63) is 78.1 Å². The van der Waals surface area contributed by atoms with E-state index >= 15 is 0 Å². The van der Waals surface area contributed by atoms with Gasteiger partial charge in [-0.05, 0) is 61.2 Å². The van der Waals surface area contributed by atoms with Crippen molar-refractivity contribution in [3.63, 3.8) is 0 Å². The average molecular weight is 387 g/mol. The summed E-state index contributed by atoms with van der Waals surface area (Å²) in [7, 11) is 0. The van der Waals surface area contributed by atoms with E-state index in [9.17, 15) is 0 Å². The molecule has 3 aromatic rings. The lowest BCUT2D eigenvalue weighted by molar-refractivity contribution is 0.418. The van der Waals surface area contributed by atoms with Crippen LogP contribution in [0.4, 0.5) is 17.3 Å². The summed E-state index contributed by atoms with van der Waals surface area (Å²) in [5.74, 6) is 1.85. The highest BCUT2D eigenvalue weighted by molar-refractivity contribution is 5.67. The Bertz CT molecular complexity index is 896. The lowest BCUT2D eigenvalue weighted by Gasteiger charge is -2.31. The molecule has 0 N–H and O–H groups in total. The standard InChI is InChI=1S/C25H30N4/c1-4-25(5-2)19-28(6-3)21-13-11-12-20(24(21)25)18-29(22-14-7-9-16-26-22)23-15-8-10-17-27-23/h7-17H,4-6,18-19H2,1-3H3. The molecule has 29 heavy (non-hydrogen) atoms. The Kier molecular flexibility index (Phi) is 5.52. The third-order valence-electron chi connectivity index (χ3n) is 6.41. The zero-order valence-corrected chi connectivity index (χ0v) is 17.7. The molecular weight excluding hydrogens is 356 g/mol. The zero-order chi connectivity index (χ0) is 20.3. The van der Waals surface area contributed by atoms with Gasteiger partial charge < -0.3 is 9.80 Å². The van der Waals surface area contributed by atoms with E-state index in [4.69, 9.17) is 0 Å². The quantitative estimate of drug-likeness (QED) is 0.520. The van der Waals surface area contributed by atoms with Crippen LogP contribution in [0.3, 0.4) is 0 Å². The lowest BCUT2D eigenvalue weighted by Crippen LogP contribution is -2.33. The van der Waals surface area contributed by atoms with Crippen LogP contribution in [0.2, 0.25) is 0 Å². The molecule has 0 aliphatic carbocycles. The van der Waals surface area contributed by atoms with Gasteiger partial charge in [-0.1, -0.05) is 38.1 Å². The fourth-order valence-corrected chi connectivity index (χ4v) is 4.71. The molecule has 1 aliphatic rings. The summed E-state index contributed by atoms with van der Waals surface area (Å²) < 4.78 is 0. The average Bonchev–Trinajstić information content (AvgIpc) is 3.14. The van der Waals surface area contributed by atoms with E-state index in [-0.39, 0.29) is 5.41 Å². The van der Waals surface area contributed by atoms with Crippen molar-refractivity contribution in [2.75, 3.05) is 22.9 Å². The van der Waals surface area contributed by atoms with Gasteiger partial charge in [0.25, 0.3) is 0 Å². The lowest BCUT2D eigenvalue weighted by atomic mass is 9.75. The number of aromatic nitrogens is 2. The third kappa shape index (κ3) is 3.48. The van der Waals surface area contributed by atoms with Crippen LogP contribution in [-0.4, -0.2) is 23.1 Å². The first-order valence-corrected chi connectivity index (χ1v) is 10.7. The molecule has 2 aromatic heterocycles. The van der Waals surface area contributed by atoms with Gasteiger partial charge >= 0.3 is 0 Å². The molecule has 0 fully saturated rings. The van der Waals surface area contributed by atoms with Crippen molar-refractivity contribution in [1.82, 2.24) is 9.97 Å². The maximum Gasteiger partial charge on any atom is 0.134 e. The van der Waals surface area contributed by atoms with Crippen LogP contribution in [0.15, 0.2) is 67.0 Å². The molecule has 1 aromatic carbocycles. The van der Waals surface area contributed by atoms with Crippen LogP contribution < -0.4 is 9.80 Å². The molecule has 150 valence electrons. The number of likely N-dealkylation sites (N-methyl/N-ethyl adjacent to an activating group) is 1. The summed E-state index contributed by atoms with van der Waals surface area (Å²) >= 11 is 0. The third-order valence-corrected chi connectivity index (χ3v) is 6.41. The van der Waals surface area contributed by atoms with Crippen LogP contribution in [-0.2, 0) is 12.0 Å². The summed E-state index contributed by atoms with van der Waals surface area (Å²) in [6.07, 6.45) is 6.00. The van der Waals surface area contributed by atoms with Gasteiger partial charge in [-0.15, -0.1) is 0 Å². The van der Waals surface area contributed by atoms with Gasteiger partial charge in [0, 0.05) is 36.6 Å².